The van der Waals surface area contributed by atoms with Gasteiger partial charge in [0.1, 0.15) is 19.8 Å². The maximum atomic E-state index is 12.8. The second-order valence-corrected chi connectivity index (χ2v) is 23.8. The van der Waals surface area contributed by atoms with Crippen molar-refractivity contribution in [2.75, 3.05) is 47.5 Å². The molecule has 0 aliphatic heterocycles. The van der Waals surface area contributed by atoms with Crippen molar-refractivity contribution in [2.45, 2.75) is 277 Å². The Balaban J connectivity index is 3.88. The summed E-state index contributed by atoms with van der Waals surface area (Å²) in [7, 11) is 1.15. The number of unbranched alkanes of at least 4 members (excludes halogenated alkanes) is 28. The largest absolute Gasteiger partial charge is 0.756 e. The predicted molar refractivity (Wildman–Crippen MR) is 332 cm³/mol. The molecule has 9 nitrogen and oxygen atoms in total. The van der Waals surface area contributed by atoms with Crippen LogP contribution in [0.5, 0.6) is 0 Å². The molecule has 2 atom stereocenters. The lowest BCUT2D eigenvalue weighted by atomic mass is 10.0. The number of likely N-dealkylation sites (N-methyl/N-ethyl adjacent to an activating group) is 1. The molecule has 0 bridgehead atoms. The summed E-state index contributed by atoms with van der Waals surface area (Å²) >= 11 is 0. The minimum atomic E-state index is -4.64. The summed E-state index contributed by atoms with van der Waals surface area (Å²) < 4.78 is 34.1. The monoisotopic (exact) mass is 1110 g/mol. The SMILES string of the molecule is CC/C=C\C/C=C\C/C=C\C/C=C\C/C=C\CCCCCCCCCCCCCCCCCCCCCCCCCCCC(=O)OC(COC(=O)CCCCC/C=C\C/C=C\C/C=C\CC)COP(=O)([O-])OCC[N+](C)(C)C. The summed E-state index contributed by atoms with van der Waals surface area (Å²) in [5, 5.41) is 0. The van der Waals surface area contributed by atoms with Crippen LogP contribution in [-0.2, 0) is 32.7 Å². The zero-order valence-electron chi connectivity index (χ0n) is 51.1. The molecule has 0 amide bonds. The summed E-state index contributed by atoms with van der Waals surface area (Å²) in [6.07, 6.45) is 80.8. The lowest BCUT2D eigenvalue weighted by Crippen LogP contribution is -2.37. The average molecular weight is 1110 g/mol. The predicted octanol–water partition coefficient (Wildman–Crippen LogP) is 19.7. The molecule has 0 aliphatic rings. The number of carbonyl (C=O) groups is 2. The molecule has 0 fully saturated rings. The molecule has 0 aromatic rings. The van der Waals surface area contributed by atoms with Crippen LogP contribution in [0.2, 0.25) is 0 Å². The Kier molecular flexibility index (Phi) is 56.3. The number of allylic oxidation sites excluding steroid dienone is 16. The first-order valence-electron chi connectivity index (χ1n) is 31.9. The van der Waals surface area contributed by atoms with Crippen LogP contribution in [0.25, 0.3) is 0 Å². The normalized spacial score (nSPS) is 13.9. The Morgan fingerprint density at radius 1 is 0.397 bits per heavy atom. The Morgan fingerprint density at radius 3 is 1.04 bits per heavy atom. The number of rotatable bonds is 58. The number of phosphoric ester groups is 1. The second-order valence-electron chi connectivity index (χ2n) is 22.4. The van der Waals surface area contributed by atoms with E-state index < -0.39 is 32.5 Å². The number of carbonyl (C=O) groups excluding carboxylic acids is 2. The first-order chi connectivity index (χ1) is 38.0. The Morgan fingerprint density at radius 2 is 0.692 bits per heavy atom. The van der Waals surface area contributed by atoms with E-state index in [1.807, 2.05) is 21.1 Å². The fourth-order valence-corrected chi connectivity index (χ4v) is 9.49. The fourth-order valence-electron chi connectivity index (χ4n) is 8.76. The molecule has 10 heteroatoms. The second kappa shape index (κ2) is 58.6. The van der Waals surface area contributed by atoms with Crippen LogP contribution in [0.3, 0.4) is 0 Å². The van der Waals surface area contributed by atoms with Crippen LogP contribution in [0.4, 0.5) is 0 Å². The van der Waals surface area contributed by atoms with Gasteiger partial charge in [-0.2, -0.15) is 0 Å². The number of ether oxygens (including phenoxy) is 2. The molecule has 2 unspecified atom stereocenters. The lowest BCUT2D eigenvalue weighted by Gasteiger charge is -2.28. The highest BCUT2D eigenvalue weighted by Gasteiger charge is 2.22. The van der Waals surface area contributed by atoms with Gasteiger partial charge < -0.3 is 27.9 Å². The van der Waals surface area contributed by atoms with Crippen LogP contribution in [0.1, 0.15) is 271 Å². The van der Waals surface area contributed by atoms with E-state index in [2.05, 4.69) is 111 Å². The van der Waals surface area contributed by atoms with Gasteiger partial charge in [-0.3, -0.25) is 14.2 Å². The van der Waals surface area contributed by atoms with Gasteiger partial charge in [-0.05, 0) is 89.9 Å². The van der Waals surface area contributed by atoms with E-state index in [0.717, 1.165) is 89.9 Å². The maximum absolute atomic E-state index is 12.8. The summed E-state index contributed by atoms with van der Waals surface area (Å²) in [6.45, 7) is 3.98. The lowest BCUT2D eigenvalue weighted by molar-refractivity contribution is -0.870. The van der Waals surface area contributed by atoms with Gasteiger partial charge in [-0.25, -0.2) is 0 Å². The Hall–Kier alpha value is -3.07. The first-order valence-corrected chi connectivity index (χ1v) is 33.4. The summed E-state index contributed by atoms with van der Waals surface area (Å²) in [4.78, 5) is 37.8. The van der Waals surface area contributed by atoms with Gasteiger partial charge >= 0.3 is 11.9 Å². The molecule has 0 aromatic heterocycles. The topological polar surface area (TPSA) is 111 Å². The molecule has 0 radical (unpaired) electrons. The number of hydrogen-bond acceptors (Lipinski definition) is 8. The smallest absolute Gasteiger partial charge is 0.306 e. The third-order valence-electron chi connectivity index (χ3n) is 13.6. The van der Waals surface area contributed by atoms with Crippen molar-refractivity contribution in [1.29, 1.82) is 0 Å². The highest BCUT2D eigenvalue weighted by atomic mass is 31.2. The molecule has 0 spiro atoms. The Labute approximate surface area is 481 Å². The van der Waals surface area contributed by atoms with Gasteiger partial charge in [0.25, 0.3) is 7.82 Å². The average Bonchev–Trinajstić information content (AvgIpc) is 3.40. The van der Waals surface area contributed by atoms with E-state index in [-0.39, 0.29) is 26.1 Å². The van der Waals surface area contributed by atoms with Crippen LogP contribution in [0.15, 0.2) is 97.2 Å². The van der Waals surface area contributed by atoms with Crippen molar-refractivity contribution in [3.63, 3.8) is 0 Å². The minimum Gasteiger partial charge on any atom is -0.756 e. The molecule has 0 N–H and O–H groups in total. The summed E-state index contributed by atoms with van der Waals surface area (Å²) in [5.74, 6) is -0.863. The van der Waals surface area contributed by atoms with Crippen LogP contribution in [-0.4, -0.2) is 70.0 Å². The van der Waals surface area contributed by atoms with Gasteiger partial charge in [0, 0.05) is 12.8 Å². The van der Waals surface area contributed by atoms with Gasteiger partial charge in [0.05, 0.1) is 27.7 Å². The third-order valence-corrected chi connectivity index (χ3v) is 14.6. The zero-order chi connectivity index (χ0) is 57.0. The molecule has 0 rings (SSSR count). The van der Waals surface area contributed by atoms with E-state index >= 15 is 0 Å². The van der Waals surface area contributed by atoms with Crippen molar-refractivity contribution in [1.82, 2.24) is 0 Å². The van der Waals surface area contributed by atoms with Crippen molar-refractivity contribution in [3.05, 3.63) is 97.2 Å². The quantitative estimate of drug-likeness (QED) is 0.0195. The van der Waals surface area contributed by atoms with Crippen LogP contribution < -0.4 is 4.89 Å². The number of hydrogen-bond donors (Lipinski definition) is 0. The van der Waals surface area contributed by atoms with E-state index in [1.54, 1.807) is 0 Å². The van der Waals surface area contributed by atoms with Crippen molar-refractivity contribution in [2.24, 2.45) is 0 Å². The Bertz CT molecular complexity index is 1640. The minimum absolute atomic E-state index is 0.0373. The zero-order valence-corrected chi connectivity index (χ0v) is 52.0. The van der Waals surface area contributed by atoms with E-state index in [4.69, 9.17) is 18.5 Å². The molecule has 78 heavy (non-hydrogen) atoms. The molecule has 0 heterocycles. The van der Waals surface area contributed by atoms with Gasteiger partial charge in [-0.15, -0.1) is 0 Å². The van der Waals surface area contributed by atoms with Crippen molar-refractivity contribution in [3.8, 4) is 0 Å². The van der Waals surface area contributed by atoms with E-state index in [1.165, 1.54) is 141 Å². The molecule has 450 valence electrons. The molecule has 0 aliphatic carbocycles. The number of phosphoric acid groups is 1. The third kappa shape index (κ3) is 62.1. The van der Waals surface area contributed by atoms with Gasteiger partial charge in [0.15, 0.2) is 6.10 Å². The van der Waals surface area contributed by atoms with Crippen molar-refractivity contribution < 1.29 is 42.1 Å². The molecular weight excluding hydrogens is 990 g/mol. The van der Waals surface area contributed by atoms with Crippen LogP contribution in [0, 0.1) is 0 Å². The van der Waals surface area contributed by atoms with Crippen LogP contribution >= 0.6 is 7.82 Å². The van der Waals surface area contributed by atoms with E-state index in [0.29, 0.717) is 23.9 Å². The summed E-state index contributed by atoms with van der Waals surface area (Å²) in [6, 6.07) is 0. The molecule has 0 saturated heterocycles. The fraction of sp³-hybridized carbons (Fsp3) is 0.735. The molecular formula is C68H120NO8P. The van der Waals surface area contributed by atoms with Gasteiger partial charge in [0.2, 0.25) is 0 Å². The number of quaternary nitrogens is 1. The van der Waals surface area contributed by atoms with Gasteiger partial charge in [-0.1, -0.05) is 265 Å². The summed E-state index contributed by atoms with van der Waals surface area (Å²) in [5.41, 5.74) is 0. The highest BCUT2D eigenvalue weighted by molar-refractivity contribution is 7.45. The maximum Gasteiger partial charge on any atom is 0.306 e. The first kappa shape index (κ1) is 74.9. The highest BCUT2D eigenvalue weighted by Crippen LogP contribution is 2.38. The number of nitrogens with zero attached hydrogens (tertiary/aromatic N) is 1. The number of esters is 2. The molecule has 0 saturated carbocycles. The van der Waals surface area contributed by atoms with E-state index in [9.17, 15) is 19.0 Å². The standard InChI is InChI=1S/C68H120NO8P/c1-6-8-10-12-14-16-18-20-21-22-23-24-25-26-27-28-29-30-31-32-33-34-35-36-37-38-39-40-41-42-43-44-45-46-47-49-51-53-55-57-59-61-68(71)77-66(65-76-78(72,73)75-63-62-69(3,4)5)64-74-67(70)60-58-56-54-52-50-48-19-17-15-13-11-9-7-2/h8-11,14-17,20-21,23-24,26-27,48,50,66H,6-7,12-13,18-19,22,25,28-47,49,51-65H2,1-5H3/b10-8-,11-9-,16-14-,17-15-,21-20-,24-23-,27-26-,50-48-. The molecule has 0 aromatic carbocycles. The van der Waals surface area contributed by atoms with Crippen molar-refractivity contribution >= 4 is 19.8 Å².